The first-order valence-corrected chi connectivity index (χ1v) is 10.6. The summed E-state index contributed by atoms with van der Waals surface area (Å²) in [4.78, 5) is 12.6. The van der Waals surface area contributed by atoms with Crippen LogP contribution in [0.3, 0.4) is 0 Å². The van der Waals surface area contributed by atoms with Crippen molar-refractivity contribution in [2.75, 3.05) is 11.0 Å². The number of carbonyl (C=O) groups is 1. The van der Waals surface area contributed by atoms with Crippen LogP contribution in [0.2, 0.25) is 0 Å². The van der Waals surface area contributed by atoms with Crippen LogP contribution in [0.25, 0.3) is 0 Å². The lowest BCUT2D eigenvalue weighted by atomic mass is 10.0. The molecule has 6 heteroatoms. The number of nitrogens with one attached hydrogen (secondary N) is 2. The van der Waals surface area contributed by atoms with E-state index in [9.17, 15) is 13.2 Å². The Bertz CT molecular complexity index is 952. The first-order valence-electron chi connectivity index (χ1n) is 8.74. The molecule has 2 aromatic carbocycles. The van der Waals surface area contributed by atoms with Gasteiger partial charge in [0.1, 0.15) is 0 Å². The summed E-state index contributed by atoms with van der Waals surface area (Å²) in [5, 5.41) is 3.00. The minimum absolute atomic E-state index is 0.124. The zero-order valence-electron chi connectivity index (χ0n) is 15.3. The van der Waals surface area contributed by atoms with E-state index in [2.05, 4.69) is 28.2 Å². The molecule has 1 amide bonds. The Balaban J connectivity index is 1.76. The van der Waals surface area contributed by atoms with Crippen LogP contribution in [0, 0.1) is 6.92 Å². The van der Waals surface area contributed by atoms with E-state index in [1.54, 1.807) is 25.1 Å². The smallest absolute Gasteiger partial charge is 0.251 e. The summed E-state index contributed by atoms with van der Waals surface area (Å²) in [6, 6.07) is 11.3. The Morgan fingerprint density at radius 3 is 2.54 bits per heavy atom. The molecule has 0 bridgehead atoms. The van der Waals surface area contributed by atoms with E-state index >= 15 is 0 Å². The van der Waals surface area contributed by atoms with Crippen molar-refractivity contribution in [1.82, 2.24) is 5.32 Å². The maximum Gasteiger partial charge on any atom is 0.251 e. The Morgan fingerprint density at radius 1 is 1.08 bits per heavy atom. The number of rotatable bonds is 5. The first-order chi connectivity index (χ1) is 12.2. The molecule has 26 heavy (non-hydrogen) atoms. The maximum atomic E-state index is 12.6. The topological polar surface area (TPSA) is 75.3 Å². The third-order valence-electron chi connectivity index (χ3n) is 4.77. The molecule has 0 radical (unpaired) electrons. The Hall–Kier alpha value is -2.34. The lowest BCUT2D eigenvalue weighted by Crippen LogP contribution is -2.27. The minimum Gasteiger partial charge on any atom is -0.346 e. The molecule has 1 atom stereocenters. The van der Waals surface area contributed by atoms with Gasteiger partial charge in [-0.3, -0.25) is 9.52 Å². The summed E-state index contributed by atoms with van der Waals surface area (Å²) in [5.41, 5.74) is 5.47. The number of anilines is 1. The molecule has 3 rings (SSSR count). The number of hydrogen-bond acceptors (Lipinski definition) is 3. The van der Waals surface area contributed by atoms with Gasteiger partial charge in [-0.05, 0) is 67.5 Å². The highest BCUT2D eigenvalue weighted by Crippen LogP contribution is 2.26. The van der Waals surface area contributed by atoms with Crippen molar-refractivity contribution in [3.05, 3.63) is 64.2 Å². The van der Waals surface area contributed by atoms with Gasteiger partial charge in [0.05, 0.1) is 18.0 Å². The highest BCUT2D eigenvalue weighted by Gasteiger charge is 2.16. The molecule has 0 aromatic heterocycles. The molecule has 2 N–H and O–H groups in total. The van der Waals surface area contributed by atoms with Gasteiger partial charge in [0.15, 0.2) is 0 Å². The van der Waals surface area contributed by atoms with Crippen molar-refractivity contribution >= 4 is 21.6 Å². The van der Waals surface area contributed by atoms with Gasteiger partial charge >= 0.3 is 0 Å². The highest BCUT2D eigenvalue weighted by molar-refractivity contribution is 7.92. The number of aryl methyl sites for hydroxylation is 3. The van der Waals surface area contributed by atoms with Crippen molar-refractivity contribution in [1.29, 1.82) is 0 Å². The number of hydrogen-bond donors (Lipinski definition) is 2. The molecule has 0 saturated heterocycles. The highest BCUT2D eigenvalue weighted by atomic mass is 32.2. The fourth-order valence-electron chi connectivity index (χ4n) is 3.30. The van der Waals surface area contributed by atoms with Crippen LogP contribution < -0.4 is 10.0 Å². The summed E-state index contributed by atoms with van der Waals surface area (Å²) in [5.74, 6) is -0.227. The van der Waals surface area contributed by atoms with Gasteiger partial charge in [0.25, 0.3) is 5.91 Å². The van der Waals surface area contributed by atoms with Crippen molar-refractivity contribution in [3.63, 3.8) is 0 Å². The van der Waals surface area contributed by atoms with Crippen LogP contribution in [-0.4, -0.2) is 20.6 Å². The van der Waals surface area contributed by atoms with Gasteiger partial charge in [0, 0.05) is 5.56 Å². The summed E-state index contributed by atoms with van der Waals surface area (Å²) in [6.07, 6.45) is 4.52. The fourth-order valence-corrected chi connectivity index (χ4v) is 3.92. The van der Waals surface area contributed by atoms with E-state index in [0.29, 0.717) is 11.3 Å². The van der Waals surface area contributed by atoms with Gasteiger partial charge in [0.2, 0.25) is 10.0 Å². The lowest BCUT2D eigenvalue weighted by molar-refractivity contribution is 0.0940. The van der Waals surface area contributed by atoms with Gasteiger partial charge in [-0.2, -0.15) is 0 Å². The van der Waals surface area contributed by atoms with Crippen LogP contribution in [-0.2, 0) is 22.9 Å². The minimum atomic E-state index is -3.40. The third kappa shape index (κ3) is 4.25. The van der Waals surface area contributed by atoms with Crippen LogP contribution in [0.5, 0.6) is 0 Å². The number of carbonyl (C=O) groups excluding carboxylic acids is 1. The zero-order chi connectivity index (χ0) is 18.9. The lowest BCUT2D eigenvalue weighted by Gasteiger charge is -2.16. The molecule has 0 unspecified atom stereocenters. The molecular formula is C20H24N2O3S. The average molecular weight is 372 g/mol. The van der Waals surface area contributed by atoms with Crippen LogP contribution >= 0.6 is 0 Å². The number of fused-ring (bicyclic) bond motifs is 1. The van der Waals surface area contributed by atoms with E-state index < -0.39 is 10.0 Å². The van der Waals surface area contributed by atoms with Crippen molar-refractivity contribution in [3.8, 4) is 0 Å². The predicted octanol–water partition coefficient (Wildman–Crippen LogP) is 3.35. The Labute approximate surface area is 154 Å². The first kappa shape index (κ1) is 18.5. The molecule has 138 valence electrons. The summed E-state index contributed by atoms with van der Waals surface area (Å²) < 4.78 is 25.4. The molecule has 0 saturated carbocycles. The number of amides is 1. The molecule has 0 heterocycles. The average Bonchev–Trinajstić information content (AvgIpc) is 3.03. The molecule has 0 aliphatic heterocycles. The van der Waals surface area contributed by atoms with Crippen LogP contribution in [0.1, 0.15) is 52.0 Å². The molecule has 1 aliphatic carbocycles. The van der Waals surface area contributed by atoms with Gasteiger partial charge in [-0.15, -0.1) is 0 Å². The standard InChI is InChI=1S/C20H24N2O3S/c1-13-7-8-18(12-19(13)22-26(3,24)25)20(23)21-14(2)16-10-9-15-5-4-6-17(15)11-16/h7-12,14,22H,4-6H2,1-3H3,(H,21,23)/t14-/m1/s1. The summed E-state index contributed by atoms with van der Waals surface area (Å²) in [7, 11) is -3.40. The monoisotopic (exact) mass is 372 g/mol. The third-order valence-corrected chi connectivity index (χ3v) is 5.36. The fraction of sp³-hybridized carbons (Fsp3) is 0.350. The second kappa shape index (κ2) is 7.11. The van der Waals surface area contributed by atoms with Gasteiger partial charge in [-0.25, -0.2) is 8.42 Å². The normalized spacial score (nSPS) is 14.6. The molecular weight excluding hydrogens is 348 g/mol. The zero-order valence-corrected chi connectivity index (χ0v) is 16.1. The SMILES string of the molecule is Cc1ccc(C(=O)N[C@H](C)c2ccc3c(c2)CCC3)cc1NS(C)(=O)=O. The molecule has 0 spiro atoms. The summed E-state index contributed by atoms with van der Waals surface area (Å²) in [6.45, 7) is 3.75. The molecule has 1 aliphatic rings. The van der Waals surface area contributed by atoms with E-state index in [4.69, 9.17) is 0 Å². The second-order valence-corrected chi connectivity index (χ2v) is 8.73. The maximum absolute atomic E-state index is 12.6. The van der Waals surface area contributed by atoms with Crippen molar-refractivity contribution in [2.45, 2.75) is 39.2 Å². The van der Waals surface area contributed by atoms with E-state index in [1.807, 2.05) is 6.92 Å². The quantitative estimate of drug-likeness (QED) is 0.845. The number of benzene rings is 2. The Morgan fingerprint density at radius 2 is 1.81 bits per heavy atom. The van der Waals surface area contributed by atoms with Gasteiger partial charge in [-0.1, -0.05) is 24.3 Å². The summed E-state index contributed by atoms with van der Waals surface area (Å²) >= 11 is 0. The van der Waals surface area contributed by atoms with Crippen LogP contribution in [0.4, 0.5) is 5.69 Å². The van der Waals surface area contributed by atoms with E-state index in [1.165, 1.54) is 17.5 Å². The number of sulfonamides is 1. The Kier molecular flexibility index (Phi) is 5.05. The van der Waals surface area contributed by atoms with Crippen molar-refractivity contribution in [2.24, 2.45) is 0 Å². The van der Waals surface area contributed by atoms with Crippen LogP contribution in [0.15, 0.2) is 36.4 Å². The van der Waals surface area contributed by atoms with Gasteiger partial charge < -0.3 is 5.32 Å². The second-order valence-electron chi connectivity index (χ2n) is 6.98. The van der Waals surface area contributed by atoms with Crippen molar-refractivity contribution < 1.29 is 13.2 Å². The van der Waals surface area contributed by atoms with E-state index in [0.717, 1.165) is 30.2 Å². The largest absolute Gasteiger partial charge is 0.346 e. The molecule has 2 aromatic rings. The predicted molar refractivity (Wildman–Crippen MR) is 104 cm³/mol. The molecule has 5 nitrogen and oxygen atoms in total. The van der Waals surface area contributed by atoms with E-state index in [-0.39, 0.29) is 11.9 Å². The molecule has 0 fully saturated rings.